The normalized spacial score (nSPS) is 13.2. The Labute approximate surface area is 131 Å². The quantitative estimate of drug-likeness (QED) is 0.381. The lowest BCUT2D eigenvalue weighted by molar-refractivity contribution is -0.119. The van der Waals surface area contributed by atoms with E-state index in [-0.39, 0.29) is 11.7 Å². The highest BCUT2D eigenvalue weighted by atomic mass is 28.4. The summed E-state index contributed by atoms with van der Waals surface area (Å²) in [6.45, 7) is 15.2. The Morgan fingerprint density at radius 1 is 1.00 bits per heavy atom. The number of hydrogen-bond acceptors (Lipinski definition) is 4. The topological polar surface area (TPSA) is 44.8 Å². The molecule has 0 fully saturated rings. The van der Waals surface area contributed by atoms with Crippen LogP contribution in [0.2, 0.25) is 6.04 Å². The van der Waals surface area contributed by atoms with E-state index in [0.29, 0.717) is 31.4 Å². The molecule has 1 atom stereocenters. The highest BCUT2D eigenvalue weighted by molar-refractivity contribution is 6.60. The third-order valence-electron chi connectivity index (χ3n) is 3.32. The SMILES string of the molecule is C=C(C)C(=O)C(CCC)CC[Si](OCC)(OCC)OCC. The molecule has 0 rings (SSSR count). The van der Waals surface area contributed by atoms with Gasteiger partial charge in [-0.05, 0) is 46.1 Å². The number of Topliss-reactive ketones (excluding diaryl/α,β-unsaturated/α-hetero) is 1. The zero-order chi connectivity index (χ0) is 16.3. The molecule has 0 aliphatic rings. The van der Waals surface area contributed by atoms with Crippen molar-refractivity contribution < 1.29 is 18.1 Å². The first-order chi connectivity index (χ1) is 9.96. The van der Waals surface area contributed by atoms with Gasteiger partial charge in [-0.15, -0.1) is 0 Å². The summed E-state index contributed by atoms with van der Waals surface area (Å²) in [5.74, 6) is 0.157. The van der Waals surface area contributed by atoms with Crippen molar-refractivity contribution in [3.05, 3.63) is 12.2 Å². The van der Waals surface area contributed by atoms with E-state index in [2.05, 4.69) is 13.5 Å². The standard InChI is InChI=1S/C16H32O4Si/c1-7-11-15(16(17)14(5)6)12-13-21(18-8-2,19-9-3)20-10-4/h15H,5,7-13H2,1-4,6H3. The van der Waals surface area contributed by atoms with Crippen molar-refractivity contribution in [2.45, 2.75) is 59.9 Å². The molecule has 0 bridgehead atoms. The summed E-state index contributed by atoms with van der Waals surface area (Å²) in [5, 5.41) is 0. The van der Waals surface area contributed by atoms with Crippen LogP contribution in [0.1, 0.15) is 53.9 Å². The van der Waals surface area contributed by atoms with Crippen LogP contribution in [0.5, 0.6) is 0 Å². The van der Waals surface area contributed by atoms with Gasteiger partial charge in [0, 0.05) is 31.8 Å². The zero-order valence-electron chi connectivity index (χ0n) is 14.4. The van der Waals surface area contributed by atoms with Crippen LogP contribution >= 0.6 is 0 Å². The van der Waals surface area contributed by atoms with Crippen molar-refractivity contribution >= 4 is 14.6 Å². The van der Waals surface area contributed by atoms with Gasteiger partial charge in [-0.1, -0.05) is 19.9 Å². The number of hydrogen-bond donors (Lipinski definition) is 0. The Kier molecular flexibility index (Phi) is 10.9. The maximum absolute atomic E-state index is 12.2. The largest absolute Gasteiger partial charge is 0.500 e. The first kappa shape index (κ1) is 20.5. The smallest absolute Gasteiger partial charge is 0.374 e. The molecular formula is C16H32O4Si. The lowest BCUT2D eigenvalue weighted by atomic mass is 9.92. The van der Waals surface area contributed by atoms with Gasteiger partial charge in [-0.25, -0.2) is 0 Å². The molecule has 0 aromatic heterocycles. The molecule has 0 aromatic rings. The van der Waals surface area contributed by atoms with Crippen molar-refractivity contribution in [2.24, 2.45) is 5.92 Å². The minimum absolute atomic E-state index is 0.000688. The molecule has 0 saturated carbocycles. The summed E-state index contributed by atoms with van der Waals surface area (Å²) in [6.07, 6.45) is 2.60. The molecule has 0 aliphatic carbocycles. The van der Waals surface area contributed by atoms with E-state index in [9.17, 15) is 4.79 Å². The summed E-state index contributed by atoms with van der Waals surface area (Å²) < 4.78 is 17.5. The predicted molar refractivity (Wildman–Crippen MR) is 88.3 cm³/mol. The van der Waals surface area contributed by atoms with Gasteiger partial charge in [0.25, 0.3) is 0 Å². The molecule has 0 spiro atoms. The van der Waals surface area contributed by atoms with E-state index in [4.69, 9.17) is 13.3 Å². The fraction of sp³-hybridized carbons (Fsp3) is 0.812. The van der Waals surface area contributed by atoms with E-state index in [1.165, 1.54) is 0 Å². The molecular weight excluding hydrogens is 284 g/mol. The molecule has 21 heavy (non-hydrogen) atoms. The lowest BCUT2D eigenvalue weighted by Crippen LogP contribution is -2.46. The van der Waals surface area contributed by atoms with Crippen molar-refractivity contribution in [3.63, 3.8) is 0 Å². The molecule has 124 valence electrons. The van der Waals surface area contributed by atoms with Crippen LogP contribution in [0.4, 0.5) is 0 Å². The van der Waals surface area contributed by atoms with Crippen molar-refractivity contribution in [1.82, 2.24) is 0 Å². The van der Waals surface area contributed by atoms with Crippen LogP contribution in [0.15, 0.2) is 12.2 Å². The third kappa shape index (κ3) is 7.36. The molecule has 0 aliphatic heterocycles. The van der Waals surface area contributed by atoms with Gasteiger partial charge in [-0.2, -0.15) is 0 Å². The average molecular weight is 317 g/mol. The number of ketones is 1. The molecule has 5 heteroatoms. The second kappa shape index (κ2) is 11.1. The second-order valence-electron chi connectivity index (χ2n) is 5.15. The lowest BCUT2D eigenvalue weighted by Gasteiger charge is -2.29. The van der Waals surface area contributed by atoms with Gasteiger partial charge < -0.3 is 13.3 Å². The number of carbonyl (C=O) groups excluding carboxylic acids is 1. The molecule has 0 aromatic carbocycles. The second-order valence-corrected chi connectivity index (χ2v) is 7.88. The number of carbonyl (C=O) groups is 1. The molecule has 1 unspecified atom stereocenters. The third-order valence-corrected chi connectivity index (χ3v) is 6.41. The Balaban J connectivity index is 4.87. The Bertz CT molecular complexity index is 300. The van der Waals surface area contributed by atoms with Gasteiger partial charge >= 0.3 is 8.80 Å². The minimum atomic E-state index is -2.65. The zero-order valence-corrected chi connectivity index (χ0v) is 15.4. The van der Waals surface area contributed by atoms with Gasteiger partial charge in [0.05, 0.1) is 0 Å². The molecule has 0 saturated heterocycles. The predicted octanol–water partition coefficient (Wildman–Crippen LogP) is 3.99. The van der Waals surface area contributed by atoms with Crippen molar-refractivity contribution in [1.29, 1.82) is 0 Å². The number of allylic oxidation sites excluding steroid dienone is 1. The van der Waals surface area contributed by atoms with Crippen molar-refractivity contribution in [2.75, 3.05) is 19.8 Å². The molecule has 4 nitrogen and oxygen atoms in total. The monoisotopic (exact) mass is 316 g/mol. The van der Waals surface area contributed by atoms with Crippen LogP contribution < -0.4 is 0 Å². The van der Waals surface area contributed by atoms with E-state index >= 15 is 0 Å². The first-order valence-corrected chi connectivity index (χ1v) is 10.0. The summed E-state index contributed by atoms with van der Waals surface area (Å²) in [5.41, 5.74) is 0.630. The van der Waals surface area contributed by atoms with Gasteiger partial charge in [0.2, 0.25) is 0 Å². The number of rotatable bonds is 13. The summed E-state index contributed by atoms with van der Waals surface area (Å²) in [7, 11) is -2.65. The van der Waals surface area contributed by atoms with Gasteiger partial charge in [0.15, 0.2) is 5.78 Å². The highest BCUT2D eigenvalue weighted by Crippen LogP contribution is 2.25. The Morgan fingerprint density at radius 2 is 1.48 bits per heavy atom. The Morgan fingerprint density at radius 3 is 1.81 bits per heavy atom. The van der Waals surface area contributed by atoms with Crippen molar-refractivity contribution in [3.8, 4) is 0 Å². The van der Waals surface area contributed by atoms with Gasteiger partial charge in [-0.3, -0.25) is 4.79 Å². The average Bonchev–Trinajstić information content (AvgIpc) is 2.43. The minimum Gasteiger partial charge on any atom is -0.374 e. The van der Waals surface area contributed by atoms with E-state index in [0.717, 1.165) is 19.3 Å². The maximum Gasteiger partial charge on any atom is 0.500 e. The molecule has 0 N–H and O–H groups in total. The fourth-order valence-corrected chi connectivity index (χ4v) is 5.16. The first-order valence-electron chi connectivity index (χ1n) is 8.07. The van der Waals surface area contributed by atoms with E-state index in [1.807, 2.05) is 20.8 Å². The fourth-order valence-electron chi connectivity index (χ4n) is 2.46. The molecule has 0 radical (unpaired) electrons. The van der Waals surface area contributed by atoms with Crippen LogP contribution in [0, 0.1) is 5.92 Å². The van der Waals surface area contributed by atoms with Crippen LogP contribution in [-0.4, -0.2) is 34.4 Å². The van der Waals surface area contributed by atoms with E-state index < -0.39 is 8.80 Å². The summed E-state index contributed by atoms with van der Waals surface area (Å²) in [6, 6.07) is 0.687. The van der Waals surface area contributed by atoms with Crippen LogP contribution in [-0.2, 0) is 18.1 Å². The Hall–Kier alpha value is -0.493. The molecule has 0 heterocycles. The molecule has 0 amide bonds. The summed E-state index contributed by atoms with van der Waals surface area (Å²) in [4.78, 5) is 12.2. The van der Waals surface area contributed by atoms with Gasteiger partial charge in [0.1, 0.15) is 0 Å². The van der Waals surface area contributed by atoms with E-state index in [1.54, 1.807) is 6.92 Å². The van der Waals surface area contributed by atoms with Crippen LogP contribution in [0.25, 0.3) is 0 Å². The van der Waals surface area contributed by atoms with Crippen LogP contribution in [0.3, 0.4) is 0 Å². The highest BCUT2D eigenvalue weighted by Gasteiger charge is 2.41. The summed E-state index contributed by atoms with van der Waals surface area (Å²) >= 11 is 0. The maximum atomic E-state index is 12.2.